The average molecular weight is 395 g/mol. The zero-order valence-corrected chi connectivity index (χ0v) is 16.8. The standard InChI is InChI=1S/C26H21NO3/c1-26-22-19-9-5-3-7-17(19)21(18-8-4-6-10-20(18)22)23(26)24(28)27(25(26)29)15-11-13-16(30-2)14-12-15/h3-14,21-23H,1-2H3/t21?,22?,23-,26+/m1/s1. The topological polar surface area (TPSA) is 46.6 Å². The van der Waals surface area contributed by atoms with Crippen molar-refractivity contribution in [3.05, 3.63) is 95.1 Å². The van der Waals surface area contributed by atoms with Gasteiger partial charge in [0.05, 0.1) is 24.1 Å². The van der Waals surface area contributed by atoms with E-state index in [0.717, 1.165) is 0 Å². The van der Waals surface area contributed by atoms with Crippen molar-refractivity contribution in [2.24, 2.45) is 11.3 Å². The van der Waals surface area contributed by atoms with E-state index in [9.17, 15) is 9.59 Å². The smallest absolute Gasteiger partial charge is 0.241 e. The molecule has 2 amide bonds. The van der Waals surface area contributed by atoms with Gasteiger partial charge < -0.3 is 4.74 Å². The van der Waals surface area contributed by atoms with E-state index in [1.807, 2.05) is 31.2 Å². The summed E-state index contributed by atoms with van der Waals surface area (Å²) < 4.78 is 5.24. The molecule has 3 aliphatic carbocycles. The van der Waals surface area contributed by atoms with Crippen LogP contribution in [0.3, 0.4) is 0 Å². The molecular weight excluding hydrogens is 374 g/mol. The number of anilines is 1. The summed E-state index contributed by atoms with van der Waals surface area (Å²) in [5.74, 6) is -0.150. The second-order valence-corrected chi connectivity index (χ2v) is 8.61. The van der Waals surface area contributed by atoms with Gasteiger partial charge in [-0.1, -0.05) is 48.5 Å². The van der Waals surface area contributed by atoms with Crippen LogP contribution in [-0.2, 0) is 9.59 Å². The Bertz CT molecular complexity index is 1170. The Morgan fingerprint density at radius 1 is 0.800 bits per heavy atom. The molecule has 0 radical (unpaired) electrons. The molecule has 0 unspecified atom stereocenters. The summed E-state index contributed by atoms with van der Waals surface area (Å²) in [7, 11) is 1.60. The highest BCUT2D eigenvalue weighted by atomic mass is 16.5. The largest absolute Gasteiger partial charge is 0.497 e. The van der Waals surface area contributed by atoms with Crippen LogP contribution in [0.1, 0.15) is 41.0 Å². The molecule has 30 heavy (non-hydrogen) atoms. The Hall–Kier alpha value is -3.40. The lowest BCUT2D eigenvalue weighted by Gasteiger charge is -2.51. The third kappa shape index (κ3) is 1.91. The van der Waals surface area contributed by atoms with Crippen LogP contribution in [0.25, 0.3) is 0 Å². The molecule has 2 bridgehead atoms. The fourth-order valence-corrected chi connectivity index (χ4v) is 6.09. The summed E-state index contributed by atoms with van der Waals surface area (Å²) in [5, 5.41) is 0. The van der Waals surface area contributed by atoms with Gasteiger partial charge in [0.15, 0.2) is 0 Å². The number of amides is 2. The van der Waals surface area contributed by atoms with Gasteiger partial charge in [0.2, 0.25) is 11.8 Å². The first kappa shape index (κ1) is 17.5. The van der Waals surface area contributed by atoms with Crippen molar-refractivity contribution in [1.82, 2.24) is 0 Å². The maximum atomic E-state index is 13.9. The number of imide groups is 1. The molecule has 7 rings (SSSR count). The molecule has 1 saturated heterocycles. The monoisotopic (exact) mass is 395 g/mol. The number of rotatable bonds is 2. The van der Waals surface area contributed by atoms with E-state index in [1.165, 1.54) is 27.2 Å². The molecule has 3 aromatic carbocycles. The molecule has 1 heterocycles. The summed E-state index contributed by atoms with van der Waals surface area (Å²) in [5.41, 5.74) is 4.52. The summed E-state index contributed by atoms with van der Waals surface area (Å²) in [6.07, 6.45) is 0. The van der Waals surface area contributed by atoms with E-state index in [2.05, 4.69) is 24.3 Å². The van der Waals surface area contributed by atoms with Gasteiger partial charge in [-0.3, -0.25) is 9.59 Å². The van der Waals surface area contributed by atoms with Crippen LogP contribution in [0.2, 0.25) is 0 Å². The van der Waals surface area contributed by atoms with E-state index in [-0.39, 0.29) is 23.7 Å². The summed E-state index contributed by atoms with van der Waals surface area (Å²) in [6, 6.07) is 23.8. The zero-order valence-electron chi connectivity index (χ0n) is 16.8. The Morgan fingerprint density at radius 2 is 1.33 bits per heavy atom. The van der Waals surface area contributed by atoms with Gasteiger partial charge in [0.25, 0.3) is 0 Å². The first-order valence-electron chi connectivity index (χ1n) is 10.3. The Labute approximate surface area is 175 Å². The van der Waals surface area contributed by atoms with Crippen LogP contribution in [-0.4, -0.2) is 18.9 Å². The third-order valence-electron chi connectivity index (χ3n) is 7.34. The van der Waals surface area contributed by atoms with Crippen LogP contribution in [0.5, 0.6) is 5.75 Å². The fraction of sp³-hybridized carbons (Fsp3) is 0.231. The zero-order chi connectivity index (χ0) is 20.6. The van der Waals surface area contributed by atoms with Crippen LogP contribution in [0.15, 0.2) is 72.8 Å². The van der Waals surface area contributed by atoms with E-state index >= 15 is 0 Å². The lowest BCUT2D eigenvalue weighted by atomic mass is 9.48. The van der Waals surface area contributed by atoms with Crippen molar-refractivity contribution in [1.29, 1.82) is 0 Å². The highest BCUT2D eigenvalue weighted by Crippen LogP contribution is 2.67. The molecule has 148 valence electrons. The highest BCUT2D eigenvalue weighted by molar-refractivity contribution is 6.25. The lowest BCUT2D eigenvalue weighted by molar-refractivity contribution is -0.128. The molecule has 3 aromatic rings. The van der Waals surface area contributed by atoms with Gasteiger partial charge in [-0.05, 0) is 53.4 Å². The Balaban J connectivity index is 1.58. The maximum Gasteiger partial charge on any atom is 0.241 e. The summed E-state index contributed by atoms with van der Waals surface area (Å²) in [6.45, 7) is 1.99. The van der Waals surface area contributed by atoms with Crippen molar-refractivity contribution in [3.63, 3.8) is 0 Å². The van der Waals surface area contributed by atoms with Crippen LogP contribution >= 0.6 is 0 Å². The Kier molecular flexibility index (Phi) is 3.39. The molecule has 0 N–H and O–H groups in total. The first-order chi connectivity index (χ1) is 14.6. The SMILES string of the molecule is COc1ccc(N2C(=O)[C@H]3C4c5ccccc5C(c5ccccc54)[C@]3(C)C2=O)cc1. The Morgan fingerprint density at radius 3 is 1.87 bits per heavy atom. The average Bonchev–Trinajstić information content (AvgIpc) is 2.99. The van der Waals surface area contributed by atoms with Crippen molar-refractivity contribution in [2.75, 3.05) is 12.0 Å². The van der Waals surface area contributed by atoms with Gasteiger partial charge in [0.1, 0.15) is 5.75 Å². The van der Waals surface area contributed by atoms with E-state index < -0.39 is 11.3 Å². The summed E-state index contributed by atoms with van der Waals surface area (Å²) >= 11 is 0. The molecule has 1 fully saturated rings. The molecule has 2 atom stereocenters. The quantitative estimate of drug-likeness (QED) is 0.601. The molecule has 4 aliphatic rings. The normalized spacial score (nSPS) is 28.2. The first-order valence-corrected chi connectivity index (χ1v) is 10.3. The van der Waals surface area contributed by atoms with Gasteiger partial charge in [0, 0.05) is 11.8 Å². The van der Waals surface area contributed by atoms with E-state index in [0.29, 0.717) is 11.4 Å². The highest BCUT2D eigenvalue weighted by Gasteiger charge is 2.68. The number of methoxy groups -OCH3 is 1. The van der Waals surface area contributed by atoms with E-state index in [4.69, 9.17) is 4.74 Å². The number of hydrogen-bond acceptors (Lipinski definition) is 3. The molecule has 4 nitrogen and oxygen atoms in total. The van der Waals surface area contributed by atoms with Gasteiger partial charge >= 0.3 is 0 Å². The molecular formula is C26H21NO3. The minimum Gasteiger partial charge on any atom is -0.497 e. The van der Waals surface area contributed by atoms with Crippen molar-refractivity contribution >= 4 is 17.5 Å². The molecule has 0 spiro atoms. The number of benzene rings is 3. The molecule has 4 heteroatoms. The number of carbonyl (C=O) groups excluding carboxylic acids is 2. The predicted octanol–water partition coefficient (Wildman–Crippen LogP) is 4.48. The van der Waals surface area contributed by atoms with Crippen LogP contribution in [0.4, 0.5) is 5.69 Å². The number of ether oxygens (including phenoxy) is 1. The number of nitrogens with zero attached hydrogens (tertiary/aromatic N) is 1. The molecule has 0 saturated carbocycles. The second-order valence-electron chi connectivity index (χ2n) is 8.61. The number of hydrogen-bond donors (Lipinski definition) is 0. The van der Waals surface area contributed by atoms with Gasteiger partial charge in [-0.15, -0.1) is 0 Å². The van der Waals surface area contributed by atoms with Gasteiger partial charge in [-0.2, -0.15) is 0 Å². The number of carbonyl (C=O) groups is 2. The fourth-order valence-electron chi connectivity index (χ4n) is 6.09. The predicted molar refractivity (Wildman–Crippen MR) is 114 cm³/mol. The van der Waals surface area contributed by atoms with Crippen LogP contribution < -0.4 is 9.64 Å². The lowest BCUT2D eigenvalue weighted by Crippen LogP contribution is -2.49. The molecule has 0 aromatic heterocycles. The maximum absolute atomic E-state index is 13.9. The van der Waals surface area contributed by atoms with Crippen molar-refractivity contribution in [2.45, 2.75) is 18.8 Å². The minimum atomic E-state index is -0.801. The molecule has 1 aliphatic heterocycles. The van der Waals surface area contributed by atoms with Crippen molar-refractivity contribution < 1.29 is 14.3 Å². The summed E-state index contributed by atoms with van der Waals surface area (Å²) in [4.78, 5) is 29.1. The third-order valence-corrected chi connectivity index (χ3v) is 7.34. The second kappa shape index (κ2) is 5.82. The minimum absolute atomic E-state index is 0.105. The van der Waals surface area contributed by atoms with Gasteiger partial charge in [-0.25, -0.2) is 4.90 Å². The van der Waals surface area contributed by atoms with Crippen molar-refractivity contribution in [3.8, 4) is 5.75 Å². The van der Waals surface area contributed by atoms with E-state index in [1.54, 1.807) is 31.4 Å². The van der Waals surface area contributed by atoms with Crippen LogP contribution in [0, 0.1) is 11.3 Å².